The Hall–Kier alpha value is -2.25. The van der Waals surface area contributed by atoms with Gasteiger partial charge < -0.3 is 15.2 Å². The van der Waals surface area contributed by atoms with E-state index in [1.807, 2.05) is 0 Å². The number of aromatic nitrogens is 2. The average Bonchev–Trinajstić information content (AvgIpc) is 2.76. The normalized spacial score (nSPS) is 14.2. The van der Waals surface area contributed by atoms with Gasteiger partial charge in [-0.3, -0.25) is 14.2 Å². The summed E-state index contributed by atoms with van der Waals surface area (Å²) in [4.78, 5) is 30.9. The van der Waals surface area contributed by atoms with E-state index in [1.54, 1.807) is 22.8 Å². The van der Waals surface area contributed by atoms with Crippen LogP contribution in [0.2, 0.25) is 0 Å². The monoisotopic (exact) mass is 428 g/mol. The largest absolute Gasteiger partial charge is 0.351 e. The number of fused-ring (bicyclic) bond motifs is 1. The SMILES string of the molecule is CCN(CC)CCNC(=O)c1ccc2c(=O)n(CCC3=CCCCC3)c(=S)[nH]c2c1. The molecule has 0 bridgehead atoms. The molecule has 2 aromatic rings. The van der Waals surface area contributed by atoms with Crippen LogP contribution in [0.4, 0.5) is 0 Å². The molecule has 1 aliphatic rings. The second kappa shape index (κ2) is 10.7. The van der Waals surface area contributed by atoms with E-state index in [0.717, 1.165) is 38.9 Å². The minimum atomic E-state index is -0.142. The minimum Gasteiger partial charge on any atom is -0.351 e. The number of nitrogens with zero attached hydrogens (tertiary/aromatic N) is 2. The number of benzene rings is 1. The molecule has 1 aliphatic carbocycles. The van der Waals surface area contributed by atoms with Crippen LogP contribution in [0.3, 0.4) is 0 Å². The van der Waals surface area contributed by atoms with E-state index in [2.05, 4.69) is 35.1 Å². The lowest BCUT2D eigenvalue weighted by atomic mass is 9.97. The van der Waals surface area contributed by atoms with Crippen molar-refractivity contribution in [2.45, 2.75) is 52.5 Å². The van der Waals surface area contributed by atoms with E-state index >= 15 is 0 Å². The van der Waals surface area contributed by atoms with Crippen LogP contribution in [0.1, 0.15) is 56.3 Å². The first-order valence-corrected chi connectivity index (χ1v) is 11.4. The van der Waals surface area contributed by atoms with E-state index in [-0.39, 0.29) is 11.5 Å². The molecule has 0 radical (unpaired) electrons. The molecule has 0 unspecified atom stereocenters. The molecule has 1 aromatic carbocycles. The smallest absolute Gasteiger partial charge is 0.262 e. The Labute approximate surface area is 183 Å². The van der Waals surface area contributed by atoms with Crippen LogP contribution in [0, 0.1) is 4.77 Å². The Balaban J connectivity index is 1.73. The van der Waals surface area contributed by atoms with Gasteiger partial charge in [0.05, 0.1) is 10.9 Å². The number of carbonyl (C=O) groups is 1. The summed E-state index contributed by atoms with van der Waals surface area (Å²) in [5.41, 5.74) is 2.45. The molecule has 0 spiro atoms. The molecular formula is C23H32N4O2S. The first kappa shape index (κ1) is 22.4. The summed E-state index contributed by atoms with van der Waals surface area (Å²) in [5.74, 6) is -0.142. The summed E-state index contributed by atoms with van der Waals surface area (Å²) in [7, 11) is 0. The zero-order chi connectivity index (χ0) is 21.5. The number of nitrogens with one attached hydrogen (secondary N) is 2. The number of amides is 1. The number of likely N-dealkylation sites (N-methyl/N-ethyl adjacent to an activating group) is 1. The van der Waals surface area contributed by atoms with Gasteiger partial charge in [0.2, 0.25) is 0 Å². The number of H-pyrrole nitrogens is 1. The lowest BCUT2D eigenvalue weighted by Crippen LogP contribution is -2.34. The van der Waals surface area contributed by atoms with Crippen LogP contribution in [0.5, 0.6) is 0 Å². The maximum atomic E-state index is 13.0. The predicted molar refractivity (Wildman–Crippen MR) is 125 cm³/mol. The first-order chi connectivity index (χ1) is 14.5. The summed E-state index contributed by atoms with van der Waals surface area (Å²) in [6.45, 7) is 8.13. The number of rotatable bonds is 9. The van der Waals surface area contributed by atoms with E-state index in [0.29, 0.717) is 34.3 Å². The second-order valence-corrected chi connectivity index (χ2v) is 8.17. The van der Waals surface area contributed by atoms with Crippen LogP contribution in [0.15, 0.2) is 34.6 Å². The van der Waals surface area contributed by atoms with Gasteiger partial charge in [0, 0.05) is 25.2 Å². The summed E-state index contributed by atoms with van der Waals surface area (Å²) < 4.78 is 2.04. The molecule has 0 aliphatic heterocycles. The third kappa shape index (κ3) is 5.46. The molecule has 6 nitrogen and oxygen atoms in total. The van der Waals surface area contributed by atoms with Crippen molar-refractivity contribution < 1.29 is 4.79 Å². The fourth-order valence-corrected chi connectivity index (χ4v) is 4.24. The lowest BCUT2D eigenvalue weighted by molar-refractivity contribution is 0.0949. The van der Waals surface area contributed by atoms with Gasteiger partial charge >= 0.3 is 0 Å². The summed E-state index contributed by atoms with van der Waals surface area (Å²) >= 11 is 5.45. The number of allylic oxidation sites excluding steroid dienone is 2. The third-order valence-electron chi connectivity index (χ3n) is 5.89. The number of hydrogen-bond donors (Lipinski definition) is 2. The number of aromatic amines is 1. The maximum Gasteiger partial charge on any atom is 0.262 e. The van der Waals surface area contributed by atoms with Crippen molar-refractivity contribution in [1.29, 1.82) is 0 Å². The molecule has 30 heavy (non-hydrogen) atoms. The van der Waals surface area contributed by atoms with Gasteiger partial charge in [-0.2, -0.15) is 0 Å². The molecule has 162 valence electrons. The maximum absolute atomic E-state index is 13.0. The predicted octanol–water partition coefficient (Wildman–Crippen LogP) is 4.02. The van der Waals surface area contributed by atoms with Crippen molar-refractivity contribution in [2.24, 2.45) is 0 Å². The van der Waals surface area contributed by atoms with Crippen molar-refractivity contribution >= 4 is 29.0 Å². The summed E-state index contributed by atoms with van der Waals surface area (Å²) in [6.07, 6.45) is 7.89. The van der Waals surface area contributed by atoms with Crippen molar-refractivity contribution in [2.75, 3.05) is 26.2 Å². The molecular weight excluding hydrogens is 396 g/mol. The Morgan fingerprint density at radius 3 is 2.77 bits per heavy atom. The Kier molecular flexibility index (Phi) is 7.99. The molecule has 1 amide bonds. The van der Waals surface area contributed by atoms with Crippen LogP contribution < -0.4 is 10.9 Å². The van der Waals surface area contributed by atoms with E-state index in [1.165, 1.54) is 18.4 Å². The topological polar surface area (TPSA) is 70.1 Å². The van der Waals surface area contributed by atoms with Crippen LogP contribution in [-0.4, -0.2) is 46.5 Å². The Morgan fingerprint density at radius 1 is 1.27 bits per heavy atom. The van der Waals surface area contributed by atoms with E-state index < -0.39 is 0 Å². The van der Waals surface area contributed by atoms with Gasteiger partial charge in [-0.25, -0.2) is 0 Å². The lowest BCUT2D eigenvalue weighted by Gasteiger charge is -2.18. The fourth-order valence-electron chi connectivity index (χ4n) is 3.96. The molecule has 0 saturated carbocycles. The van der Waals surface area contributed by atoms with Gasteiger partial charge in [0.1, 0.15) is 0 Å². The van der Waals surface area contributed by atoms with Crippen LogP contribution in [-0.2, 0) is 6.54 Å². The highest BCUT2D eigenvalue weighted by Gasteiger charge is 2.12. The molecule has 1 heterocycles. The van der Waals surface area contributed by atoms with Crippen LogP contribution in [0.25, 0.3) is 10.9 Å². The quantitative estimate of drug-likeness (QED) is 0.467. The zero-order valence-corrected chi connectivity index (χ0v) is 18.8. The van der Waals surface area contributed by atoms with Crippen molar-refractivity contribution in [3.63, 3.8) is 0 Å². The highest BCUT2D eigenvalue weighted by atomic mass is 32.1. The van der Waals surface area contributed by atoms with Gasteiger partial charge in [-0.05, 0) is 75.6 Å². The molecule has 7 heteroatoms. The van der Waals surface area contributed by atoms with Gasteiger partial charge in [-0.15, -0.1) is 0 Å². The Morgan fingerprint density at radius 2 is 2.07 bits per heavy atom. The standard InChI is InChI=1S/C23H32N4O2S/c1-3-26(4-2)15-13-24-21(28)18-10-11-19-20(16-18)25-23(30)27(22(19)29)14-12-17-8-6-5-7-9-17/h8,10-11,16H,3-7,9,12-15H2,1-2H3,(H,24,28)(H,25,30). The minimum absolute atomic E-state index is 0.0985. The van der Waals surface area contributed by atoms with Crippen molar-refractivity contribution in [1.82, 2.24) is 19.8 Å². The van der Waals surface area contributed by atoms with Crippen LogP contribution >= 0.6 is 12.2 Å². The van der Waals surface area contributed by atoms with Gasteiger partial charge in [0.25, 0.3) is 11.5 Å². The highest BCUT2D eigenvalue weighted by Crippen LogP contribution is 2.20. The molecule has 0 saturated heterocycles. The van der Waals surface area contributed by atoms with E-state index in [9.17, 15) is 9.59 Å². The molecule has 0 fully saturated rings. The fraction of sp³-hybridized carbons (Fsp3) is 0.522. The molecule has 0 atom stereocenters. The van der Waals surface area contributed by atoms with Gasteiger partial charge in [0.15, 0.2) is 4.77 Å². The zero-order valence-electron chi connectivity index (χ0n) is 18.0. The third-order valence-corrected chi connectivity index (χ3v) is 6.22. The number of hydrogen-bond acceptors (Lipinski definition) is 4. The molecule has 3 rings (SSSR count). The number of carbonyl (C=O) groups excluding carboxylic acids is 1. The summed E-state index contributed by atoms with van der Waals surface area (Å²) in [6, 6.07) is 5.15. The summed E-state index contributed by atoms with van der Waals surface area (Å²) in [5, 5.41) is 3.51. The average molecular weight is 429 g/mol. The van der Waals surface area contributed by atoms with Crippen molar-refractivity contribution in [3.05, 3.63) is 50.5 Å². The van der Waals surface area contributed by atoms with Gasteiger partial charge in [-0.1, -0.05) is 25.5 Å². The molecule has 1 aromatic heterocycles. The first-order valence-electron chi connectivity index (χ1n) is 11.0. The highest BCUT2D eigenvalue weighted by molar-refractivity contribution is 7.71. The van der Waals surface area contributed by atoms with Crippen molar-refractivity contribution in [3.8, 4) is 0 Å². The Bertz CT molecular complexity index is 1030. The second-order valence-electron chi connectivity index (χ2n) is 7.79. The molecule has 2 N–H and O–H groups in total. The van der Waals surface area contributed by atoms with E-state index in [4.69, 9.17) is 12.2 Å².